The van der Waals surface area contributed by atoms with Crippen LogP contribution in [-0.4, -0.2) is 57.3 Å². The van der Waals surface area contributed by atoms with Gasteiger partial charge in [-0.2, -0.15) is 0 Å². The normalized spacial score (nSPS) is 21.1. The number of carbonyl (C=O) groups excluding carboxylic acids is 2. The molecule has 2 fully saturated rings. The number of hydrogen-bond acceptors (Lipinski definition) is 4. The lowest BCUT2D eigenvalue weighted by Crippen LogP contribution is -2.48. The van der Waals surface area contributed by atoms with Crippen LogP contribution in [0.25, 0.3) is 0 Å². The lowest BCUT2D eigenvalue weighted by Gasteiger charge is -2.35. The highest BCUT2D eigenvalue weighted by Crippen LogP contribution is 2.32. The van der Waals surface area contributed by atoms with Crippen molar-refractivity contribution in [2.24, 2.45) is 11.8 Å². The zero-order valence-electron chi connectivity index (χ0n) is 17.2. The molecule has 1 saturated heterocycles. The number of aromatic nitrogens is 2. The minimum absolute atomic E-state index is 0.0606. The van der Waals surface area contributed by atoms with E-state index < -0.39 is 0 Å². The summed E-state index contributed by atoms with van der Waals surface area (Å²) in [5.74, 6) is 2.06. The van der Waals surface area contributed by atoms with E-state index >= 15 is 0 Å². The molecule has 1 aromatic rings. The van der Waals surface area contributed by atoms with Gasteiger partial charge < -0.3 is 9.80 Å². The molecule has 1 saturated carbocycles. The van der Waals surface area contributed by atoms with Crippen LogP contribution in [0, 0.1) is 18.8 Å². The van der Waals surface area contributed by atoms with E-state index in [1.54, 1.807) is 6.20 Å². The van der Waals surface area contributed by atoms with Crippen molar-refractivity contribution in [1.29, 1.82) is 0 Å². The van der Waals surface area contributed by atoms with Crippen molar-refractivity contribution >= 4 is 11.8 Å². The molecule has 0 bridgehead atoms. The number of aryl methyl sites for hydroxylation is 1. The quantitative estimate of drug-likeness (QED) is 0.797. The Morgan fingerprint density at radius 2 is 1.96 bits per heavy atom. The van der Waals surface area contributed by atoms with Crippen molar-refractivity contribution in [1.82, 2.24) is 19.8 Å². The van der Waals surface area contributed by atoms with Crippen LogP contribution in [0.2, 0.25) is 0 Å². The van der Waals surface area contributed by atoms with E-state index in [0.29, 0.717) is 42.6 Å². The molecule has 0 radical (unpaired) electrons. The van der Waals surface area contributed by atoms with Gasteiger partial charge in [0.1, 0.15) is 5.82 Å². The summed E-state index contributed by atoms with van der Waals surface area (Å²) < 4.78 is 0. The van der Waals surface area contributed by atoms with Crippen LogP contribution in [0.1, 0.15) is 74.8 Å². The first-order valence-electron chi connectivity index (χ1n) is 10.2. The maximum atomic E-state index is 13.2. The Morgan fingerprint density at radius 3 is 2.52 bits per heavy atom. The highest BCUT2D eigenvalue weighted by molar-refractivity contribution is 5.95. The Bertz CT molecular complexity index is 712. The molecule has 0 spiro atoms. The molecule has 2 amide bonds. The van der Waals surface area contributed by atoms with Crippen LogP contribution in [0.4, 0.5) is 0 Å². The van der Waals surface area contributed by atoms with Crippen LogP contribution in [0.5, 0.6) is 0 Å². The zero-order valence-corrected chi connectivity index (χ0v) is 17.2. The molecule has 0 unspecified atom stereocenters. The zero-order chi connectivity index (χ0) is 19.7. The molecular weight excluding hydrogens is 340 g/mol. The first-order chi connectivity index (χ1) is 12.8. The smallest absolute Gasteiger partial charge is 0.257 e. The van der Waals surface area contributed by atoms with Crippen molar-refractivity contribution in [2.75, 3.05) is 19.6 Å². The van der Waals surface area contributed by atoms with Crippen LogP contribution >= 0.6 is 0 Å². The number of rotatable bonds is 5. The summed E-state index contributed by atoms with van der Waals surface area (Å²) in [4.78, 5) is 38.7. The van der Waals surface area contributed by atoms with Gasteiger partial charge in [-0.05, 0) is 31.6 Å². The van der Waals surface area contributed by atoms with E-state index in [2.05, 4.69) is 23.8 Å². The van der Waals surface area contributed by atoms with Crippen molar-refractivity contribution < 1.29 is 9.59 Å². The molecule has 0 N–H and O–H groups in total. The van der Waals surface area contributed by atoms with E-state index in [-0.39, 0.29) is 23.8 Å². The maximum Gasteiger partial charge on any atom is 0.257 e. The van der Waals surface area contributed by atoms with E-state index in [9.17, 15) is 9.59 Å². The Hall–Kier alpha value is -1.98. The van der Waals surface area contributed by atoms with Gasteiger partial charge in [0.25, 0.3) is 5.91 Å². The molecule has 1 aliphatic heterocycles. The number of carbonyl (C=O) groups is 2. The van der Waals surface area contributed by atoms with Gasteiger partial charge in [0.2, 0.25) is 5.91 Å². The van der Waals surface area contributed by atoms with Crippen LogP contribution in [0.3, 0.4) is 0 Å². The van der Waals surface area contributed by atoms with Gasteiger partial charge in [-0.15, -0.1) is 0 Å². The van der Waals surface area contributed by atoms with Crippen molar-refractivity contribution in [3.05, 3.63) is 23.3 Å². The van der Waals surface area contributed by atoms with Gasteiger partial charge in [-0.25, -0.2) is 9.97 Å². The molecule has 1 aliphatic carbocycles. The average Bonchev–Trinajstić information content (AvgIpc) is 3.44. The summed E-state index contributed by atoms with van der Waals surface area (Å²) in [6.45, 7) is 12.1. The number of amides is 2. The fourth-order valence-electron chi connectivity index (χ4n) is 3.69. The lowest BCUT2D eigenvalue weighted by molar-refractivity contribution is -0.133. The van der Waals surface area contributed by atoms with E-state index in [1.165, 1.54) is 12.8 Å². The number of hydrogen-bond donors (Lipinski definition) is 0. The fraction of sp³-hybridized carbons (Fsp3) is 0.714. The van der Waals surface area contributed by atoms with Crippen LogP contribution in [0.15, 0.2) is 6.20 Å². The lowest BCUT2D eigenvalue weighted by atomic mass is 10.0. The summed E-state index contributed by atoms with van der Waals surface area (Å²) in [5.41, 5.74) is 1.26. The summed E-state index contributed by atoms with van der Waals surface area (Å²) in [6.07, 6.45) is 4.48. The van der Waals surface area contributed by atoms with Gasteiger partial charge >= 0.3 is 0 Å². The molecule has 27 heavy (non-hydrogen) atoms. The maximum absolute atomic E-state index is 13.2. The van der Waals surface area contributed by atoms with Crippen LogP contribution in [-0.2, 0) is 4.79 Å². The summed E-state index contributed by atoms with van der Waals surface area (Å²) in [5, 5.41) is 0. The predicted molar refractivity (Wildman–Crippen MR) is 104 cm³/mol. The second-order valence-corrected chi connectivity index (χ2v) is 8.68. The van der Waals surface area contributed by atoms with Gasteiger partial charge in [-0.1, -0.05) is 27.7 Å². The third kappa shape index (κ3) is 4.47. The minimum atomic E-state index is -0.0606. The van der Waals surface area contributed by atoms with E-state index in [0.717, 1.165) is 12.4 Å². The van der Waals surface area contributed by atoms with Gasteiger partial charge in [0.15, 0.2) is 0 Å². The van der Waals surface area contributed by atoms with Crippen molar-refractivity contribution in [3.8, 4) is 0 Å². The predicted octanol–water partition coefficient (Wildman–Crippen LogP) is 3.02. The Labute approximate surface area is 162 Å². The number of nitrogens with zero attached hydrogens (tertiary/aromatic N) is 4. The molecule has 2 aliphatic rings. The first-order valence-corrected chi connectivity index (χ1v) is 10.2. The van der Waals surface area contributed by atoms with Gasteiger partial charge in [0, 0.05) is 38.2 Å². The Kier molecular flexibility index (Phi) is 5.82. The molecular formula is C21H32N4O2. The highest BCUT2D eigenvalue weighted by atomic mass is 16.2. The molecule has 6 nitrogen and oxygen atoms in total. The Balaban J connectivity index is 1.81. The third-order valence-corrected chi connectivity index (χ3v) is 5.68. The molecule has 148 valence electrons. The van der Waals surface area contributed by atoms with E-state index in [4.69, 9.17) is 0 Å². The molecule has 3 rings (SSSR count). The van der Waals surface area contributed by atoms with Crippen molar-refractivity contribution in [2.45, 2.75) is 65.8 Å². The molecule has 0 aromatic carbocycles. The molecule has 6 heteroatoms. The Morgan fingerprint density at radius 1 is 1.26 bits per heavy atom. The summed E-state index contributed by atoms with van der Waals surface area (Å²) in [7, 11) is 0. The second kappa shape index (κ2) is 7.95. The standard InChI is InChI=1S/C21H32N4O2/c1-13(2)18-12-24(9-8-19(26)25(18)11-16-6-7-16)21(27)17-10-22-20(14(3)4)23-15(17)5/h10,13-14,16,18H,6-9,11-12H2,1-5H3/t18-/m0/s1. The van der Waals surface area contributed by atoms with Crippen molar-refractivity contribution in [3.63, 3.8) is 0 Å². The third-order valence-electron chi connectivity index (χ3n) is 5.68. The second-order valence-electron chi connectivity index (χ2n) is 8.68. The van der Waals surface area contributed by atoms with Gasteiger partial charge in [0.05, 0.1) is 17.3 Å². The highest BCUT2D eigenvalue weighted by Gasteiger charge is 2.37. The van der Waals surface area contributed by atoms with Crippen LogP contribution < -0.4 is 0 Å². The largest absolute Gasteiger partial charge is 0.337 e. The summed E-state index contributed by atoms with van der Waals surface area (Å²) in [6, 6.07) is 0.0701. The van der Waals surface area contributed by atoms with E-state index in [1.807, 2.05) is 30.6 Å². The van der Waals surface area contributed by atoms with Gasteiger partial charge in [-0.3, -0.25) is 9.59 Å². The SMILES string of the molecule is Cc1nc(C(C)C)ncc1C(=O)N1CCC(=O)N(CC2CC2)[C@H](C(C)C)C1. The molecule has 1 atom stereocenters. The fourth-order valence-corrected chi connectivity index (χ4v) is 3.69. The minimum Gasteiger partial charge on any atom is -0.337 e. The first kappa shape index (κ1) is 19.8. The molecule has 2 heterocycles. The average molecular weight is 373 g/mol. The topological polar surface area (TPSA) is 66.4 Å². The summed E-state index contributed by atoms with van der Waals surface area (Å²) >= 11 is 0. The molecule has 1 aromatic heterocycles. The monoisotopic (exact) mass is 372 g/mol.